The molecule has 0 aliphatic carbocycles. The average Bonchev–Trinajstić information content (AvgIpc) is 2.91. The molecular weight excluding hydrogens is 492 g/mol. The molecule has 9 heteroatoms. The van der Waals surface area contributed by atoms with Crippen LogP contribution in [0.25, 0.3) is 0 Å². The van der Waals surface area contributed by atoms with Crippen LogP contribution in [0.4, 0.5) is 5.69 Å². The number of amides is 1. The van der Waals surface area contributed by atoms with Gasteiger partial charge in [-0.2, -0.15) is 0 Å². The van der Waals surface area contributed by atoms with E-state index in [9.17, 15) is 13.2 Å². The van der Waals surface area contributed by atoms with E-state index in [0.29, 0.717) is 29.6 Å². The van der Waals surface area contributed by atoms with E-state index in [1.165, 1.54) is 26.4 Å². The number of hydrogen-bond donors (Lipinski definition) is 1. The Bertz CT molecular complexity index is 1280. The van der Waals surface area contributed by atoms with Crippen LogP contribution in [0.2, 0.25) is 0 Å². The number of sulfonamides is 1. The van der Waals surface area contributed by atoms with Crippen LogP contribution >= 0.6 is 0 Å². The van der Waals surface area contributed by atoms with Crippen LogP contribution in [-0.2, 0) is 14.8 Å². The molecule has 0 heterocycles. The molecule has 0 spiro atoms. The molecule has 3 aromatic carbocycles. The number of nitrogens with one attached hydrogen (secondary N) is 1. The lowest BCUT2D eigenvalue weighted by Gasteiger charge is -2.27. The van der Waals surface area contributed by atoms with Crippen LogP contribution < -0.4 is 23.8 Å². The quantitative estimate of drug-likeness (QED) is 0.364. The molecule has 0 fully saturated rings. The summed E-state index contributed by atoms with van der Waals surface area (Å²) in [5.41, 5.74) is 1.19. The smallest absolute Gasteiger partial charge is 0.264 e. The second kappa shape index (κ2) is 12.5. The summed E-state index contributed by atoms with van der Waals surface area (Å²) in [6.07, 6.45) is 0.680. The topological polar surface area (TPSA) is 94.2 Å². The second-order valence-electron chi connectivity index (χ2n) is 8.89. The highest BCUT2D eigenvalue weighted by Gasteiger charge is 2.29. The van der Waals surface area contributed by atoms with Crippen molar-refractivity contribution in [2.24, 2.45) is 5.92 Å². The third kappa shape index (κ3) is 6.95. The lowest BCUT2D eigenvalue weighted by atomic mass is 9.97. The Balaban J connectivity index is 1.96. The number of benzene rings is 3. The van der Waals surface area contributed by atoms with Crippen LogP contribution in [0.1, 0.15) is 31.9 Å². The highest BCUT2D eigenvalue weighted by Crippen LogP contribution is 2.34. The zero-order valence-electron chi connectivity index (χ0n) is 21.8. The van der Waals surface area contributed by atoms with Crippen molar-refractivity contribution >= 4 is 21.6 Å². The van der Waals surface area contributed by atoms with Gasteiger partial charge >= 0.3 is 0 Å². The van der Waals surface area contributed by atoms with E-state index >= 15 is 0 Å². The van der Waals surface area contributed by atoms with Crippen molar-refractivity contribution in [3.63, 3.8) is 0 Å². The molecular formula is C28H34N2O6S. The molecule has 1 N–H and O–H groups in total. The van der Waals surface area contributed by atoms with Gasteiger partial charge in [-0.25, -0.2) is 8.42 Å². The molecule has 8 nitrogen and oxygen atoms in total. The van der Waals surface area contributed by atoms with Gasteiger partial charge in [0.15, 0.2) is 11.5 Å². The van der Waals surface area contributed by atoms with Gasteiger partial charge in [0.2, 0.25) is 5.91 Å². The van der Waals surface area contributed by atoms with E-state index in [-0.39, 0.29) is 16.6 Å². The molecule has 1 atom stereocenters. The Hall–Kier alpha value is -3.72. The van der Waals surface area contributed by atoms with Crippen LogP contribution in [-0.4, -0.2) is 42.2 Å². The fraction of sp³-hybridized carbons (Fsp3) is 0.321. The minimum absolute atomic E-state index is 0.0754. The molecule has 1 amide bonds. The molecule has 198 valence electrons. The van der Waals surface area contributed by atoms with Gasteiger partial charge < -0.3 is 19.5 Å². The van der Waals surface area contributed by atoms with E-state index in [2.05, 4.69) is 19.2 Å². The minimum atomic E-state index is -4.07. The van der Waals surface area contributed by atoms with Crippen molar-refractivity contribution in [2.45, 2.75) is 31.2 Å². The number of carbonyl (C=O) groups is 1. The van der Waals surface area contributed by atoms with Gasteiger partial charge in [0.25, 0.3) is 10.0 Å². The first-order valence-electron chi connectivity index (χ1n) is 11.9. The summed E-state index contributed by atoms with van der Waals surface area (Å²) in [5, 5.41) is 3.04. The first-order chi connectivity index (χ1) is 17.7. The monoisotopic (exact) mass is 526 g/mol. The van der Waals surface area contributed by atoms with Gasteiger partial charge in [-0.15, -0.1) is 0 Å². The first-order valence-corrected chi connectivity index (χ1v) is 13.4. The molecule has 0 radical (unpaired) electrons. The largest absolute Gasteiger partial charge is 0.497 e. The van der Waals surface area contributed by atoms with Gasteiger partial charge in [-0.05, 0) is 54.3 Å². The number of nitrogens with zero attached hydrogens (tertiary/aromatic N) is 1. The highest BCUT2D eigenvalue weighted by molar-refractivity contribution is 7.92. The number of methoxy groups -OCH3 is 3. The number of ether oxygens (including phenoxy) is 3. The Morgan fingerprint density at radius 3 is 2.08 bits per heavy atom. The van der Waals surface area contributed by atoms with Gasteiger partial charge in [0, 0.05) is 6.07 Å². The van der Waals surface area contributed by atoms with E-state index < -0.39 is 22.5 Å². The van der Waals surface area contributed by atoms with Gasteiger partial charge in [-0.1, -0.05) is 44.2 Å². The molecule has 0 aromatic heterocycles. The molecule has 0 aliphatic rings. The highest BCUT2D eigenvalue weighted by atomic mass is 32.2. The van der Waals surface area contributed by atoms with Crippen LogP contribution in [0.15, 0.2) is 77.7 Å². The van der Waals surface area contributed by atoms with Crippen LogP contribution in [0.3, 0.4) is 0 Å². The molecule has 0 aliphatic heterocycles. The normalized spacial score (nSPS) is 12.1. The van der Waals surface area contributed by atoms with E-state index in [4.69, 9.17) is 14.2 Å². The Kier molecular flexibility index (Phi) is 9.41. The Morgan fingerprint density at radius 1 is 0.865 bits per heavy atom. The number of anilines is 1. The zero-order chi connectivity index (χ0) is 27.0. The second-order valence-corrected chi connectivity index (χ2v) is 10.7. The summed E-state index contributed by atoms with van der Waals surface area (Å²) in [7, 11) is 0.494. The predicted octanol–water partition coefficient (Wildman–Crippen LogP) is 4.81. The van der Waals surface area contributed by atoms with Crippen molar-refractivity contribution in [2.75, 3.05) is 32.2 Å². The number of rotatable bonds is 12. The third-order valence-corrected chi connectivity index (χ3v) is 7.62. The zero-order valence-corrected chi connectivity index (χ0v) is 22.6. The molecule has 0 bridgehead atoms. The Labute approximate surface area is 219 Å². The lowest BCUT2D eigenvalue weighted by Crippen LogP contribution is -2.42. The summed E-state index contributed by atoms with van der Waals surface area (Å²) < 4.78 is 44.4. The summed E-state index contributed by atoms with van der Waals surface area (Å²) in [6, 6.07) is 19.9. The van der Waals surface area contributed by atoms with Crippen molar-refractivity contribution in [3.05, 3.63) is 78.4 Å². The molecule has 3 aromatic rings. The standard InChI is InChI=1S/C28H34N2O6S/c1-20(2)17-25(21-11-14-23(34-3)15-12-21)29-28(31)19-30(37(32,33)24-9-7-6-8-10-24)22-13-16-26(35-4)27(18-22)36-5/h6-16,18,20,25H,17,19H2,1-5H3,(H,29,31)/t25-/m0/s1. The molecule has 37 heavy (non-hydrogen) atoms. The maximum Gasteiger partial charge on any atom is 0.264 e. The fourth-order valence-corrected chi connectivity index (χ4v) is 5.41. The first kappa shape index (κ1) is 27.9. The predicted molar refractivity (Wildman–Crippen MR) is 144 cm³/mol. The third-order valence-electron chi connectivity index (χ3n) is 5.83. The molecule has 0 saturated heterocycles. The maximum atomic E-state index is 13.7. The van der Waals surface area contributed by atoms with Crippen molar-refractivity contribution in [1.29, 1.82) is 0 Å². The minimum Gasteiger partial charge on any atom is -0.497 e. The van der Waals surface area contributed by atoms with Crippen LogP contribution in [0.5, 0.6) is 17.2 Å². The van der Waals surface area contributed by atoms with Crippen molar-refractivity contribution in [3.8, 4) is 17.2 Å². The summed E-state index contributed by atoms with van der Waals surface area (Å²) in [5.74, 6) is 1.37. The SMILES string of the molecule is COc1ccc([C@H](CC(C)C)NC(=O)CN(c2ccc(OC)c(OC)c2)S(=O)(=O)c2ccccc2)cc1. The maximum absolute atomic E-state index is 13.7. The number of hydrogen-bond acceptors (Lipinski definition) is 6. The lowest BCUT2D eigenvalue weighted by molar-refractivity contribution is -0.120. The molecule has 0 unspecified atom stereocenters. The molecule has 3 rings (SSSR count). The Morgan fingerprint density at radius 2 is 1.51 bits per heavy atom. The van der Waals surface area contributed by atoms with Crippen molar-refractivity contribution in [1.82, 2.24) is 5.32 Å². The molecule has 0 saturated carbocycles. The van der Waals surface area contributed by atoms with Gasteiger partial charge in [0.05, 0.1) is 38.0 Å². The van der Waals surface area contributed by atoms with Crippen LogP contribution in [0, 0.1) is 5.92 Å². The average molecular weight is 527 g/mol. The van der Waals surface area contributed by atoms with E-state index in [1.54, 1.807) is 43.5 Å². The number of carbonyl (C=O) groups excluding carboxylic acids is 1. The van der Waals surface area contributed by atoms with E-state index in [0.717, 1.165) is 9.87 Å². The van der Waals surface area contributed by atoms with Gasteiger partial charge in [-0.3, -0.25) is 9.10 Å². The fourth-order valence-electron chi connectivity index (χ4n) is 3.97. The summed E-state index contributed by atoms with van der Waals surface area (Å²) in [6.45, 7) is 3.72. The van der Waals surface area contributed by atoms with E-state index in [1.807, 2.05) is 24.3 Å². The van der Waals surface area contributed by atoms with Gasteiger partial charge in [0.1, 0.15) is 12.3 Å². The van der Waals surface area contributed by atoms with Crippen molar-refractivity contribution < 1.29 is 27.4 Å². The summed E-state index contributed by atoms with van der Waals surface area (Å²) >= 11 is 0. The summed E-state index contributed by atoms with van der Waals surface area (Å²) in [4.78, 5) is 13.4.